The van der Waals surface area contributed by atoms with Gasteiger partial charge in [0, 0.05) is 28.4 Å². The molecule has 0 aliphatic rings. The third-order valence-corrected chi connectivity index (χ3v) is 3.31. The van der Waals surface area contributed by atoms with Crippen LogP contribution in [-0.4, -0.2) is 10.8 Å². The van der Waals surface area contributed by atoms with Crippen molar-refractivity contribution < 1.29 is 9.18 Å². The number of fused-ring (bicyclic) bond motifs is 1. The predicted octanol–water partition coefficient (Wildman–Crippen LogP) is 2.99. The van der Waals surface area contributed by atoms with E-state index in [2.05, 4.69) is 4.98 Å². The first-order valence-electron chi connectivity index (χ1n) is 6.21. The normalized spacial score (nSPS) is 10.5. The molecule has 1 aromatic heterocycles. The molecule has 0 atom stereocenters. The fourth-order valence-corrected chi connectivity index (χ4v) is 2.32. The molecule has 4 nitrogen and oxygen atoms in total. The Labute approximate surface area is 119 Å². The number of carbonyl (C=O) groups excluding carboxylic acids is 1. The number of nitrogen functional groups attached to an aromatic ring is 1. The van der Waals surface area contributed by atoms with E-state index < -0.39 is 11.6 Å². The predicted molar refractivity (Wildman–Crippen MR) is 77.3 cm³/mol. The van der Waals surface area contributed by atoms with Gasteiger partial charge in [-0.05, 0) is 30.3 Å². The molecule has 1 heterocycles. The van der Waals surface area contributed by atoms with E-state index in [1.807, 2.05) is 6.07 Å². The van der Waals surface area contributed by atoms with Crippen LogP contribution in [0.25, 0.3) is 10.9 Å². The third kappa shape index (κ3) is 2.03. The van der Waals surface area contributed by atoms with E-state index in [-0.39, 0.29) is 11.1 Å². The van der Waals surface area contributed by atoms with Crippen LogP contribution in [0, 0.1) is 17.1 Å². The molecule has 2 aromatic carbocycles. The van der Waals surface area contributed by atoms with Gasteiger partial charge in [-0.1, -0.05) is 6.07 Å². The van der Waals surface area contributed by atoms with Crippen LogP contribution in [-0.2, 0) is 0 Å². The van der Waals surface area contributed by atoms with Gasteiger partial charge < -0.3 is 10.7 Å². The van der Waals surface area contributed by atoms with Crippen molar-refractivity contribution in [3.63, 3.8) is 0 Å². The summed E-state index contributed by atoms with van der Waals surface area (Å²) in [4.78, 5) is 15.5. The largest absolute Gasteiger partial charge is 0.399 e. The molecule has 3 N–H and O–H groups in total. The van der Waals surface area contributed by atoms with Crippen LogP contribution in [0.4, 0.5) is 10.1 Å². The summed E-state index contributed by atoms with van der Waals surface area (Å²) in [5.74, 6) is -1.15. The van der Waals surface area contributed by atoms with Crippen molar-refractivity contribution in [3.05, 3.63) is 65.1 Å². The minimum atomic E-state index is -0.641. The van der Waals surface area contributed by atoms with E-state index >= 15 is 0 Å². The first-order chi connectivity index (χ1) is 10.1. The summed E-state index contributed by atoms with van der Waals surface area (Å²) in [5, 5.41) is 9.65. The molecule has 0 aliphatic heterocycles. The van der Waals surface area contributed by atoms with E-state index in [0.717, 1.165) is 6.07 Å². The van der Waals surface area contributed by atoms with E-state index in [0.29, 0.717) is 22.2 Å². The molecule has 0 saturated carbocycles. The number of nitrogens with two attached hydrogens (primary N) is 1. The maximum atomic E-state index is 13.8. The van der Waals surface area contributed by atoms with E-state index in [1.54, 1.807) is 18.2 Å². The summed E-state index contributed by atoms with van der Waals surface area (Å²) in [5.41, 5.74) is 7.08. The first kappa shape index (κ1) is 12.9. The van der Waals surface area contributed by atoms with E-state index in [9.17, 15) is 9.18 Å². The number of anilines is 1. The molecule has 0 amide bonds. The molecule has 21 heavy (non-hydrogen) atoms. The lowest BCUT2D eigenvalue weighted by atomic mass is 9.99. The lowest BCUT2D eigenvalue weighted by Gasteiger charge is -2.04. The number of hydrogen-bond acceptors (Lipinski definition) is 3. The molecule has 102 valence electrons. The topological polar surface area (TPSA) is 82.7 Å². The fraction of sp³-hybridized carbons (Fsp3) is 0. The number of ketones is 1. The zero-order valence-electron chi connectivity index (χ0n) is 10.9. The highest BCUT2D eigenvalue weighted by Crippen LogP contribution is 2.26. The molecular formula is C16H10FN3O. The van der Waals surface area contributed by atoms with Gasteiger partial charge in [-0.25, -0.2) is 4.39 Å². The van der Waals surface area contributed by atoms with Gasteiger partial charge in [-0.3, -0.25) is 4.79 Å². The minimum absolute atomic E-state index is 0.108. The van der Waals surface area contributed by atoms with Crippen molar-refractivity contribution in [1.29, 1.82) is 5.26 Å². The number of benzene rings is 2. The zero-order chi connectivity index (χ0) is 15.0. The Morgan fingerprint density at radius 2 is 2.05 bits per heavy atom. The standard InChI is InChI=1S/C16H10FN3O/c17-13-5-4-10(19)6-11(13)16(21)12-8-20-14-3-1-2-9(7-18)15(12)14/h1-6,8,20H,19H2. The average Bonchev–Trinajstić information content (AvgIpc) is 2.93. The molecule has 0 bridgehead atoms. The molecule has 5 heteroatoms. The van der Waals surface area contributed by atoms with Gasteiger partial charge in [0.05, 0.1) is 17.2 Å². The number of nitriles is 1. The lowest BCUT2D eigenvalue weighted by Crippen LogP contribution is -2.05. The lowest BCUT2D eigenvalue weighted by molar-refractivity contribution is 0.103. The van der Waals surface area contributed by atoms with Crippen LogP contribution in [0.2, 0.25) is 0 Å². The Bertz CT molecular complexity index is 906. The number of rotatable bonds is 2. The number of H-pyrrole nitrogens is 1. The molecule has 0 fully saturated rings. The maximum Gasteiger partial charge on any atom is 0.198 e. The molecule has 3 aromatic rings. The van der Waals surface area contributed by atoms with Crippen LogP contribution in [0.3, 0.4) is 0 Å². The zero-order valence-corrected chi connectivity index (χ0v) is 10.9. The Morgan fingerprint density at radius 3 is 2.81 bits per heavy atom. The van der Waals surface area contributed by atoms with Gasteiger partial charge in [-0.15, -0.1) is 0 Å². The summed E-state index contributed by atoms with van der Waals surface area (Å²) >= 11 is 0. The second-order valence-electron chi connectivity index (χ2n) is 4.61. The molecule has 0 saturated heterocycles. The molecule has 0 spiro atoms. The summed E-state index contributed by atoms with van der Waals surface area (Å²) in [6, 6.07) is 11.0. The van der Waals surface area contributed by atoms with Crippen LogP contribution < -0.4 is 5.73 Å². The summed E-state index contributed by atoms with van der Waals surface area (Å²) in [6.45, 7) is 0. The van der Waals surface area contributed by atoms with Gasteiger partial charge >= 0.3 is 0 Å². The van der Waals surface area contributed by atoms with Crippen molar-refractivity contribution in [2.45, 2.75) is 0 Å². The summed E-state index contributed by atoms with van der Waals surface area (Å²) < 4.78 is 13.8. The number of hydrogen-bond donors (Lipinski definition) is 2. The first-order valence-corrected chi connectivity index (χ1v) is 6.21. The van der Waals surface area contributed by atoms with Crippen LogP contribution in [0.15, 0.2) is 42.6 Å². The summed E-state index contributed by atoms with van der Waals surface area (Å²) in [6.07, 6.45) is 1.48. The van der Waals surface area contributed by atoms with Crippen molar-refractivity contribution in [2.75, 3.05) is 5.73 Å². The van der Waals surface area contributed by atoms with Crippen LogP contribution >= 0.6 is 0 Å². The van der Waals surface area contributed by atoms with Crippen molar-refractivity contribution in [3.8, 4) is 6.07 Å². The fourth-order valence-electron chi connectivity index (χ4n) is 2.32. The molecule has 0 unspecified atom stereocenters. The Balaban J connectivity index is 2.24. The highest BCUT2D eigenvalue weighted by Gasteiger charge is 2.19. The van der Waals surface area contributed by atoms with Gasteiger partial charge in [-0.2, -0.15) is 5.26 Å². The minimum Gasteiger partial charge on any atom is -0.399 e. The average molecular weight is 279 g/mol. The number of nitrogens with zero attached hydrogens (tertiary/aromatic N) is 1. The van der Waals surface area contributed by atoms with E-state index in [4.69, 9.17) is 11.0 Å². The van der Waals surface area contributed by atoms with Crippen molar-refractivity contribution >= 4 is 22.4 Å². The Morgan fingerprint density at radius 1 is 1.24 bits per heavy atom. The van der Waals surface area contributed by atoms with Crippen LogP contribution in [0.1, 0.15) is 21.5 Å². The number of aromatic nitrogens is 1. The maximum absolute atomic E-state index is 13.8. The number of halogens is 1. The van der Waals surface area contributed by atoms with E-state index in [1.165, 1.54) is 18.3 Å². The quantitative estimate of drug-likeness (QED) is 0.558. The van der Waals surface area contributed by atoms with Crippen molar-refractivity contribution in [2.24, 2.45) is 0 Å². The summed E-state index contributed by atoms with van der Waals surface area (Å²) in [7, 11) is 0. The SMILES string of the molecule is N#Cc1cccc2[nH]cc(C(=O)c3cc(N)ccc3F)c12. The van der Waals surface area contributed by atoms with Gasteiger partial charge in [0.25, 0.3) is 0 Å². The monoisotopic (exact) mass is 279 g/mol. The second kappa shape index (κ2) is 4.76. The molecule has 0 aliphatic carbocycles. The highest BCUT2D eigenvalue weighted by atomic mass is 19.1. The Kier molecular flexibility index (Phi) is 2.92. The molecule has 3 rings (SSSR count). The third-order valence-electron chi connectivity index (χ3n) is 3.31. The smallest absolute Gasteiger partial charge is 0.198 e. The van der Waals surface area contributed by atoms with Gasteiger partial charge in [0.1, 0.15) is 5.82 Å². The number of aromatic amines is 1. The number of nitrogens with one attached hydrogen (secondary N) is 1. The second-order valence-corrected chi connectivity index (χ2v) is 4.61. The van der Waals surface area contributed by atoms with Gasteiger partial charge in [0.15, 0.2) is 5.78 Å². The number of carbonyl (C=O) groups is 1. The van der Waals surface area contributed by atoms with Crippen LogP contribution in [0.5, 0.6) is 0 Å². The molecular weight excluding hydrogens is 269 g/mol. The van der Waals surface area contributed by atoms with Gasteiger partial charge in [0.2, 0.25) is 0 Å². The molecule has 0 radical (unpaired) electrons. The Hall–Kier alpha value is -3.13. The highest BCUT2D eigenvalue weighted by molar-refractivity contribution is 6.17. The van der Waals surface area contributed by atoms with Crippen molar-refractivity contribution in [1.82, 2.24) is 4.98 Å².